The largest absolute Gasteiger partial charge is 0.299 e. The minimum Gasteiger partial charge on any atom is -0.299 e. The summed E-state index contributed by atoms with van der Waals surface area (Å²) in [4.78, 5) is 27.9. The molecule has 208 valence electrons. The Morgan fingerprint density at radius 2 is 1.16 bits per heavy atom. The van der Waals surface area contributed by atoms with Crippen LogP contribution >= 0.6 is 0 Å². The van der Waals surface area contributed by atoms with Gasteiger partial charge in [0.25, 0.3) is 0 Å². The zero-order chi connectivity index (χ0) is 27.0. The van der Waals surface area contributed by atoms with Crippen molar-refractivity contribution >= 4 is 11.6 Å². The molecule has 1 aliphatic carbocycles. The summed E-state index contributed by atoms with van der Waals surface area (Å²) < 4.78 is 0. The van der Waals surface area contributed by atoms with E-state index in [0.29, 0.717) is 24.4 Å². The topological polar surface area (TPSA) is 34.1 Å². The van der Waals surface area contributed by atoms with E-state index in [-0.39, 0.29) is 23.7 Å². The molecule has 0 radical (unpaired) electrons. The summed E-state index contributed by atoms with van der Waals surface area (Å²) in [6.07, 6.45) is 17.9. The third-order valence-corrected chi connectivity index (χ3v) is 8.77. The van der Waals surface area contributed by atoms with E-state index in [4.69, 9.17) is 0 Å². The maximum Gasteiger partial charge on any atom is 0.137 e. The number of Topliss-reactive ketones (excluding diaryl/α,β-unsaturated/α-hetero) is 2. The maximum absolute atomic E-state index is 14.1. The first-order valence-electron chi connectivity index (χ1n) is 15.8. The van der Waals surface area contributed by atoms with Gasteiger partial charge in [-0.3, -0.25) is 9.59 Å². The van der Waals surface area contributed by atoms with Crippen molar-refractivity contribution in [3.05, 3.63) is 71.8 Å². The molecule has 4 unspecified atom stereocenters. The fourth-order valence-corrected chi connectivity index (χ4v) is 6.67. The molecule has 0 amide bonds. The first kappa shape index (κ1) is 30.3. The second-order valence-corrected chi connectivity index (χ2v) is 11.7. The van der Waals surface area contributed by atoms with Crippen LogP contribution in [0.2, 0.25) is 0 Å². The van der Waals surface area contributed by atoms with Crippen molar-refractivity contribution < 1.29 is 9.59 Å². The predicted molar refractivity (Wildman–Crippen MR) is 161 cm³/mol. The zero-order valence-electron chi connectivity index (χ0n) is 24.2. The Bertz CT molecular complexity index is 919. The molecule has 2 aromatic carbocycles. The van der Waals surface area contributed by atoms with Gasteiger partial charge in [0, 0.05) is 36.5 Å². The van der Waals surface area contributed by atoms with Gasteiger partial charge in [-0.15, -0.1) is 0 Å². The van der Waals surface area contributed by atoms with E-state index in [1.165, 1.54) is 69.8 Å². The van der Waals surface area contributed by atoms with E-state index in [1.807, 2.05) is 12.1 Å². The number of carbonyl (C=O) groups is 2. The fraction of sp³-hybridized carbons (Fsp3) is 0.611. The average molecular weight is 517 g/mol. The molecule has 38 heavy (non-hydrogen) atoms. The van der Waals surface area contributed by atoms with Gasteiger partial charge < -0.3 is 0 Å². The number of rotatable bonds is 18. The van der Waals surface area contributed by atoms with Gasteiger partial charge in [-0.05, 0) is 24.0 Å². The van der Waals surface area contributed by atoms with Crippen LogP contribution in [0.3, 0.4) is 0 Å². The second kappa shape index (κ2) is 17.4. The van der Waals surface area contributed by atoms with Crippen LogP contribution < -0.4 is 0 Å². The molecule has 0 bridgehead atoms. The summed E-state index contributed by atoms with van der Waals surface area (Å²) in [6, 6.07) is 20.9. The van der Waals surface area contributed by atoms with Crippen molar-refractivity contribution in [1.29, 1.82) is 0 Å². The zero-order valence-corrected chi connectivity index (χ0v) is 24.2. The van der Waals surface area contributed by atoms with Crippen molar-refractivity contribution in [2.75, 3.05) is 0 Å². The summed E-state index contributed by atoms with van der Waals surface area (Å²) in [5.41, 5.74) is 2.33. The van der Waals surface area contributed by atoms with E-state index in [9.17, 15) is 9.59 Å². The first-order chi connectivity index (χ1) is 18.7. The molecule has 2 aromatic rings. The van der Waals surface area contributed by atoms with Crippen LogP contribution in [-0.4, -0.2) is 11.6 Å². The van der Waals surface area contributed by atoms with Crippen LogP contribution in [-0.2, 0) is 9.59 Å². The van der Waals surface area contributed by atoms with Crippen LogP contribution in [0.4, 0.5) is 0 Å². The highest BCUT2D eigenvalue weighted by Gasteiger charge is 2.47. The highest BCUT2D eigenvalue weighted by molar-refractivity contribution is 5.90. The highest BCUT2D eigenvalue weighted by atomic mass is 16.1. The quantitative estimate of drug-likeness (QED) is 0.185. The summed E-state index contributed by atoms with van der Waals surface area (Å²) in [7, 11) is 0. The number of unbranched alkanes of at least 4 members (excludes halogenated alkanes) is 11. The minimum absolute atomic E-state index is 0.0182. The van der Waals surface area contributed by atoms with Crippen molar-refractivity contribution in [1.82, 2.24) is 0 Å². The normalized spacial score (nSPS) is 21.5. The second-order valence-electron chi connectivity index (χ2n) is 11.7. The molecule has 0 aliphatic heterocycles. The molecular weight excluding hydrogens is 464 g/mol. The summed E-state index contributed by atoms with van der Waals surface area (Å²) in [5.74, 6) is 0.527. The van der Waals surface area contributed by atoms with Crippen LogP contribution in [0.15, 0.2) is 60.7 Å². The molecule has 2 heteroatoms. The first-order valence-corrected chi connectivity index (χ1v) is 15.8. The lowest BCUT2D eigenvalue weighted by molar-refractivity contribution is -0.133. The fourth-order valence-electron chi connectivity index (χ4n) is 6.67. The standard InChI is InChI=1S/C36H52O2/c1-3-5-7-9-11-13-21-27-33(37)36-32(29-22-16-14-17-23-29)28-34(38)31(26-20-12-10-8-6-4-2)35(36)30-24-18-15-19-25-30/h14-19,22-25,31-32,35-36H,3-13,20-21,26-28H2,1-2H3. The molecule has 0 heterocycles. The Labute approximate surface area is 233 Å². The molecule has 0 spiro atoms. The van der Waals surface area contributed by atoms with E-state index in [1.54, 1.807) is 0 Å². The number of carbonyl (C=O) groups excluding carboxylic acids is 2. The Balaban J connectivity index is 1.80. The van der Waals surface area contributed by atoms with Crippen LogP contribution in [0.25, 0.3) is 0 Å². The lowest BCUT2D eigenvalue weighted by Crippen LogP contribution is -2.42. The molecule has 0 saturated heterocycles. The Kier molecular flexibility index (Phi) is 13.9. The lowest BCUT2D eigenvalue weighted by Gasteiger charge is -2.42. The molecule has 4 atom stereocenters. The molecule has 2 nitrogen and oxygen atoms in total. The van der Waals surface area contributed by atoms with Crippen LogP contribution in [0.1, 0.15) is 140 Å². The van der Waals surface area contributed by atoms with Gasteiger partial charge in [0.05, 0.1) is 0 Å². The van der Waals surface area contributed by atoms with Crippen molar-refractivity contribution in [3.63, 3.8) is 0 Å². The highest BCUT2D eigenvalue weighted by Crippen LogP contribution is 2.50. The third kappa shape index (κ3) is 9.21. The monoisotopic (exact) mass is 516 g/mol. The van der Waals surface area contributed by atoms with E-state index >= 15 is 0 Å². The van der Waals surface area contributed by atoms with E-state index in [2.05, 4.69) is 62.4 Å². The molecule has 0 aromatic heterocycles. The predicted octanol–water partition coefficient (Wildman–Crippen LogP) is 10.2. The summed E-state index contributed by atoms with van der Waals surface area (Å²) >= 11 is 0. The smallest absolute Gasteiger partial charge is 0.137 e. The maximum atomic E-state index is 14.1. The van der Waals surface area contributed by atoms with Crippen LogP contribution in [0, 0.1) is 11.8 Å². The third-order valence-electron chi connectivity index (χ3n) is 8.77. The van der Waals surface area contributed by atoms with Gasteiger partial charge in [0.2, 0.25) is 0 Å². The van der Waals surface area contributed by atoms with Gasteiger partial charge in [0.15, 0.2) is 0 Å². The van der Waals surface area contributed by atoms with Crippen LogP contribution in [0.5, 0.6) is 0 Å². The number of hydrogen-bond donors (Lipinski definition) is 0. The SMILES string of the molecule is CCCCCCCCCC(=O)C1C(c2ccccc2)CC(=O)C(CCCCCCCC)C1c1ccccc1. The van der Waals surface area contributed by atoms with Crippen molar-refractivity contribution in [2.24, 2.45) is 11.8 Å². The minimum atomic E-state index is -0.123. The van der Waals surface area contributed by atoms with Crippen molar-refractivity contribution in [3.8, 4) is 0 Å². The van der Waals surface area contributed by atoms with Gasteiger partial charge in [-0.1, -0.05) is 152 Å². The molecule has 1 fully saturated rings. The molecular formula is C36H52O2. The van der Waals surface area contributed by atoms with E-state index in [0.717, 1.165) is 31.2 Å². The van der Waals surface area contributed by atoms with E-state index < -0.39 is 0 Å². The Morgan fingerprint density at radius 3 is 1.74 bits per heavy atom. The average Bonchev–Trinajstić information content (AvgIpc) is 2.95. The number of hydrogen-bond acceptors (Lipinski definition) is 2. The number of ketones is 2. The van der Waals surface area contributed by atoms with Gasteiger partial charge in [0.1, 0.15) is 11.6 Å². The van der Waals surface area contributed by atoms with Gasteiger partial charge in [-0.25, -0.2) is 0 Å². The number of benzene rings is 2. The van der Waals surface area contributed by atoms with Crippen molar-refractivity contribution in [2.45, 2.75) is 128 Å². The molecule has 3 rings (SSSR count). The molecule has 1 aliphatic rings. The lowest BCUT2D eigenvalue weighted by atomic mass is 9.59. The van der Waals surface area contributed by atoms with Gasteiger partial charge in [-0.2, -0.15) is 0 Å². The molecule has 0 N–H and O–H groups in total. The summed E-state index contributed by atoms with van der Waals surface area (Å²) in [6.45, 7) is 4.50. The summed E-state index contributed by atoms with van der Waals surface area (Å²) in [5, 5.41) is 0. The molecule has 1 saturated carbocycles. The van der Waals surface area contributed by atoms with Gasteiger partial charge >= 0.3 is 0 Å². The Hall–Kier alpha value is -2.22. The Morgan fingerprint density at radius 1 is 0.658 bits per heavy atom.